The Morgan fingerprint density at radius 2 is 1.69 bits per heavy atom. The van der Waals surface area contributed by atoms with Crippen LogP contribution in [0.15, 0.2) is 30.3 Å². The predicted octanol–water partition coefficient (Wildman–Crippen LogP) is 3.73. The summed E-state index contributed by atoms with van der Waals surface area (Å²) in [7, 11) is 0. The quantitative estimate of drug-likeness (QED) is 0.500. The Kier molecular flexibility index (Phi) is 11.2. The van der Waals surface area contributed by atoms with E-state index in [1.807, 2.05) is 25.1 Å². The van der Waals surface area contributed by atoms with E-state index in [0.717, 1.165) is 0 Å². The molecular weight excluding hydrogens is 203 g/mol. The summed E-state index contributed by atoms with van der Waals surface area (Å²) in [6.45, 7) is 8.29. The molecule has 1 rings (SSSR count). The predicted molar refractivity (Wildman–Crippen MR) is 55.1 cm³/mol. The number of aryl methyl sites for hydroxylation is 1. The minimum absolute atomic E-state index is 0. The summed E-state index contributed by atoms with van der Waals surface area (Å²) in [6, 6.07) is 8.24. The van der Waals surface area contributed by atoms with E-state index in [2.05, 4.69) is 39.0 Å². The van der Waals surface area contributed by atoms with Crippen LogP contribution in [-0.4, -0.2) is 0 Å². The second-order valence-corrected chi connectivity index (χ2v) is 3.07. The molecule has 0 fully saturated rings. The Hall–Kier alpha value is -0.416. The van der Waals surface area contributed by atoms with E-state index >= 15 is 0 Å². The summed E-state index contributed by atoms with van der Waals surface area (Å²) in [6.07, 6.45) is 5.03. The topological polar surface area (TPSA) is 0 Å². The normalized spacial score (nSPS) is 9.31. The fraction of sp³-hybridized carbons (Fsp3) is 0.417. The van der Waals surface area contributed by atoms with E-state index in [-0.39, 0.29) is 16.5 Å². The maximum atomic E-state index is 3.08. The van der Waals surface area contributed by atoms with E-state index in [1.54, 1.807) is 0 Å². The number of rotatable bonds is 1. The van der Waals surface area contributed by atoms with Crippen LogP contribution in [0.3, 0.4) is 0 Å². The molecule has 76 valence electrons. The Morgan fingerprint density at radius 3 is 1.77 bits per heavy atom. The van der Waals surface area contributed by atoms with E-state index in [4.69, 9.17) is 0 Å². The van der Waals surface area contributed by atoms with Gasteiger partial charge in [0.2, 0.25) is 0 Å². The van der Waals surface area contributed by atoms with Gasteiger partial charge >= 0.3 is 16.5 Å². The van der Waals surface area contributed by atoms with E-state index in [0.29, 0.717) is 5.92 Å². The van der Waals surface area contributed by atoms with E-state index in [1.165, 1.54) is 5.56 Å². The Bertz CT molecular complexity index is 195. The molecule has 0 heterocycles. The first-order valence-electron chi connectivity index (χ1n) is 4.39. The van der Waals surface area contributed by atoms with Crippen molar-refractivity contribution in [1.29, 1.82) is 0 Å². The minimum atomic E-state index is 0. The molecule has 13 heavy (non-hydrogen) atoms. The molecule has 0 saturated carbocycles. The van der Waals surface area contributed by atoms with Gasteiger partial charge in [-0.25, -0.2) is 12.1 Å². The van der Waals surface area contributed by atoms with Gasteiger partial charge in [0, 0.05) is 0 Å². The summed E-state index contributed by atoms with van der Waals surface area (Å²) in [5.74, 6) is 0.593. The molecule has 1 aromatic rings. The first-order chi connectivity index (χ1) is 5.66. The van der Waals surface area contributed by atoms with Gasteiger partial charge in [0.1, 0.15) is 0 Å². The van der Waals surface area contributed by atoms with Crippen molar-refractivity contribution in [2.24, 2.45) is 5.92 Å². The molecule has 0 aliphatic rings. The fourth-order valence-electron chi connectivity index (χ4n) is 0.804. The molecule has 0 saturated heterocycles. The number of hydrogen-bond acceptors (Lipinski definition) is 0. The average molecular weight is 221 g/mol. The summed E-state index contributed by atoms with van der Waals surface area (Å²) in [5.41, 5.74) is 1.34. The Morgan fingerprint density at radius 1 is 1.23 bits per heavy atom. The molecule has 0 unspecified atom stereocenters. The Balaban J connectivity index is 0. The van der Waals surface area contributed by atoms with Crippen LogP contribution >= 0.6 is 0 Å². The van der Waals surface area contributed by atoms with Crippen molar-refractivity contribution in [2.75, 3.05) is 0 Å². The minimum Gasteiger partial charge on any atom is -0.498 e. The van der Waals surface area contributed by atoms with E-state index in [9.17, 15) is 0 Å². The maximum Gasteiger partial charge on any atom is 2.00 e. The van der Waals surface area contributed by atoms with Crippen LogP contribution in [-0.2, 0) is 16.5 Å². The monoisotopic (exact) mass is 220 g/mol. The van der Waals surface area contributed by atoms with Crippen molar-refractivity contribution in [3.8, 4) is 0 Å². The number of allylic oxidation sites excluding steroid dienone is 2. The molecule has 0 spiro atoms. The van der Waals surface area contributed by atoms with Gasteiger partial charge in [0.25, 0.3) is 0 Å². The second kappa shape index (κ2) is 9.67. The van der Waals surface area contributed by atoms with Crippen LogP contribution in [0.4, 0.5) is 0 Å². The Labute approximate surface area is 92.3 Å². The summed E-state index contributed by atoms with van der Waals surface area (Å²) in [5, 5.41) is 0. The van der Waals surface area contributed by atoms with Crippen molar-refractivity contribution in [1.82, 2.24) is 0 Å². The molecule has 0 amide bonds. The zero-order chi connectivity index (χ0) is 9.40. The maximum absolute atomic E-state index is 3.08. The first kappa shape index (κ1) is 15.1. The van der Waals surface area contributed by atoms with Gasteiger partial charge in [-0.15, -0.1) is 0 Å². The fourth-order valence-corrected chi connectivity index (χ4v) is 0.804. The summed E-state index contributed by atoms with van der Waals surface area (Å²) >= 11 is 0. The molecule has 1 heteroatoms. The zero-order valence-corrected chi connectivity index (χ0v) is 9.77. The number of hydrogen-bond donors (Lipinski definition) is 0. The van der Waals surface area contributed by atoms with Crippen LogP contribution in [0, 0.1) is 18.9 Å². The molecule has 0 bridgehead atoms. The standard InChI is InChI=1S/C6H7.C6H11.Ni/c1-6-4-2-3-5-6;1-4-5-6(2)3;/h2-5H,1H3;4,6H,1-3H3;/q2*-1;+2. The molecule has 0 aliphatic carbocycles. The van der Waals surface area contributed by atoms with Gasteiger partial charge in [-0.3, -0.25) is 6.08 Å². The average Bonchev–Trinajstić information content (AvgIpc) is 2.40. The van der Waals surface area contributed by atoms with Gasteiger partial charge in [-0.05, 0) is 0 Å². The van der Waals surface area contributed by atoms with Crippen LogP contribution in [0.2, 0.25) is 0 Å². The molecule has 0 atom stereocenters. The molecular formula is C12H18Ni. The van der Waals surface area contributed by atoms with Gasteiger partial charge in [-0.1, -0.05) is 27.7 Å². The summed E-state index contributed by atoms with van der Waals surface area (Å²) in [4.78, 5) is 0. The third kappa shape index (κ3) is 11.6. The van der Waals surface area contributed by atoms with Crippen LogP contribution in [0.25, 0.3) is 0 Å². The third-order valence-corrected chi connectivity index (χ3v) is 1.33. The third-order valence-electron chi connectivity index (χ3n) is 1.33. The van der Waals surface area contributed by atoms with Crippen molar-refractivity contribution >= 4 is 0 Å². The van der Waals surface area contributed by atoms with Crippen LogP contribution in [0.1, 0.15) is 26.3 Å². The van der Waals surface area contributed by atoms with E-state index < -0.39 is 0 Å². The van der Waals surface area contributed by atoms with Gasteiger partial charge in [0.15, 0.2) is 0 Å². The van der Waals surface area contributed by atoms with Gasteiger partial charge in [-0.2, -0.15) is 23.6 Å². The summed E-state index contributed by atoms with van der Waals surface area (Å²) < 4.78 is 0. The molecule has 0 nitrogen and oxygen atoms in total. The molecule has 0 N–H and O–H groups in total. The van der Waals surface area contributed by atoms with Gasteiger partial charge in [0.05, 0.1) is 0 Å². The smallest absolute Gasteiger partial charge is 0.498 e. The van der Waals surface area contributed by atoms with Crippen molar-refractivity contribution in [2.45, 2.75) is 27.7 Å². The molecule has 0 radical (unpaired) electrons. The molecule has 0 aliphatic heterocycles. The zero-order valence-electron chi connectivity index (χ0n) is 8.78. The van der Waals surface area contributed by atoms with Crippen LogP contribution in [0.5, 0.6) is 0 Å². The van der Waals surface area contributed by atoms with Crippen molar-refractivity contribution in [3.05, 3.63) is 42.0 Å². The largest absolute Gasteiger partial charge is 2.00 e. The van der Waals surface area contributed by atoms with Gasteiger partial charge < -0.3 is 6.08 Å². The molecule has 0 aromatic heterocycles. The second-order valence-electron chi connectivity index (χ2n) is 3.07. The SMILES string of the molecule is CC=[C-]C(C)C.C[c-]1cccc1.[Ni+2]. The van der Waals surface area contributed by atoms with Crippen molar-refractivity contribution < 1.29 is 16.5 Å². The van der Waals surface area contributed by atoms with Crippen LogP contribution < -0.4 is 0 Å². The van der Waals surface area contributed by atoms with Crippen molar-refractivity contribution in [3.63, 3.8) is 0 Å². The molecule has 1 aromatic carbocycles. The first-order valence-corrected chi connectivity index (χ1v) is 4.39.